The van der Waals surface area contributed by atoms with Crippen LogP contribution in [0, 0.1) is 0 Å². The smallest absolute Gasteiger partial charge is 0.255 e. The number of hydrogen-bond donors (Lipinski definition) is 1. The lowest BCUT2D eigenvalue weighted by molar-refractivity contribution is 0.102. The first-order chi connectivity index (χ1) is 17.4. The van der Waals surface area contributed by atoms with Gasteiger partial charge in [-0.15, -0.1) is 0 Å². The molecular weight excluding hydrogens is 472 g/mol. The molecule has 4 aromatic carbocycles. The summed E-state index contributed by atoms with van der Waals surface area (Å²) in [7, 11) is -2.11. The van der Waals surface area contributed by atoms with Crippen molar-refractivity contribution in [3.8, 4) is 5.75 Å². The van der Waals surface area contributed by atoms with Gasteiger partial charge in [-0.2, -0.15) is 4.31 Å². The van der Waals surface area contributed by atoms with Crippen LogP contribution in [0.2, 0.25) is 0 Å². The maximum Gasteiger partial charge on any atom is 0.255 e. The standard InChI is InChI=1S/C29H28N2O4S/c1-31(22-24-10-6-3-7-11-24)36(33,34)28-18-14-26(15-19-28)30-29(32)25-12-16-27(17-13-25)35-21-20-23-8-4-2-5-9-23/h2-19H,20-22H2,1H3,(H,30,32). The Morgan fingerprint density at radius 3 is 1.97 bits per heavy atom. The van der Waals surface area contributed by atoms with Crippen molar-refractivity contribution in [3.05, 3.63) is 126 Å². The molecule has 7 heteroatoms. The second kappa shape index (κ2) is 11.7. The normalized spacial score (nSPS) is 11.3. The molecule has 4 rings (SSSR count). The van der Waals surface area contributed by atoms with E-state index < -0.39 is 10.0 Å². The van der Waals surface area contributed by atoms with Crippen LogP contribution in [0.3, 0.4) is 0 Å². The zero-order valence-electron chi connectivity index (χ0n) is 20.0. The van der Waals surface area contributed by atoms with E-state index in [2.05, 4.69) is 17.4 Å². The van der Waals surface area contributed by atoms with Gasteiger partial charge in [-0.1, -0.05) is 60.7 Å². The first-order valence-corrected chi connectivity index (χ1v) is 13.0. The SMILES string of the molecule is CN(Cc1ccccc1)S(=O)(=O)c1ccc(NC(=O)c2ccc(OCCc3ccccc3)cc2)cc1. The van der Waals surface area contributed by atoms with Crippen molar-refractivity contribution in [2.45, 2.75) is 17.9 Å². The largest absolute Gasteiger partial charge is 0.493 e. The Bertz CT molecular complexity index is 1370. The minimum Gasteiger partial charge on any atom is -0.493 e. The molecule has 0 atom stereocenters. The van der Waals surface area contributed by atoms with Gasteiger partial charge in [-0.05, 0) is 59.7 Å². The number of rotatable bonds is 10. The predicted octanol–water partition coefficient (Wildman–Crippen LogP) is 5.38. The Labute approximate surface area is 212 Å². The third kappa shape index (κ3) is 6.59. The van der Waals surface area contributed by atoms with Gasteiger partial charge in [0.25, 0.3) is 5.91 Å². The van der Waals surface area contributed by atoms with E-state index in [-0.39, 0.29) is 17.3 Å². The van der Waals surface area contributed by atoms with E-state index in [4.69, 9.17) is 4.74 Å². The molecule has 0 unspecified atom stereocenters. The lowest BCUT2D eigenvalue weighted by Gasteiger charge is -2.17. The number of hydrogen-bond acceptors (Lipinski definition) is 4. The topological polar surface area (TPSA) is 75.7 Å². The molecule has 1 N–H and O–H groups in total. The molecule has 0 spiro atoms. The van der Waals surface area contributed by atoms with Crippen molar-refractivity contribution in [3.63, 3.8) is 0 Å². The summed E-state index contributed by atoms with van der Waals surface area (Å²) in [5, 5.41) is 2.80. The summed E-state index contributed by atoms with van der Waals surface area (Å²) >= 11 is 0. The molecule has 36 heavy (non-hydrogen) atoms. The van der Waals surface area contributed by atoms with Gasteiger partial charge in [0.15, 0.2) is 0 Å². The third-order valence-corrected chi connectivity index (χ3v) is 7.50. The average molecular weight is 501 g/mol. The second-order valence-electron chi connectivity index (χ2n) is 8.33. The summed E-state index contributed by atoms with van der Waals surface area (Å²) in [6.07, 6.45) is 0.802. The van der Waals surface area contributed by atoms with E-state index >= 15 is 0 Å². The number of nitrogens with zero attached hydrogens (tertiary/aromatic N) is 1. The van der Waals surface area contributed by atoms with Gasteiger partial charge in [-0.25, -0.2) is 8.42 Å². The monoisotopic (exact) mass is 500 g/mol. The number of ether oxygens (including phenoxy) is 1. The predicted molar refractivity (Wildman–Crippen MR) is 142 cm³/mol. The Kier molecular flexibility index (Phi) is 8.15. The Hall–Kier alpha value is -3.94. The van der Waals surface area contributed by atoms with Crippen LogP contribution in [0.4, 0.5) is 5.69 Å². The quantitative estimate of drug-likeness (QED) is 0.317. The fourth-order valence-electron chi connectivity index (χ4n) is 3.65. The number of benzene rings is 4. The summed E-state index contributed by atoms with van der Waals surface area (Å²) in [6.45, 7) is 0.818. The zero-order chi connectivity index (χ0) is 25.4. The fraction of sp³-hybridized carbons (Fsp3) is 0.138. The molecule has 0 saturated carbocycles. The van der Waals surface area contributed by atoms with Crippen molar-refractivity contribution < 1.29 is 17.9 Å². The molecular formula is C29H28N2O4S. The van der Waals surface area contributed by atoms with Gasteiger partial charge in [0.2, 0.25) is 10.0 Å². The molecule has 6 nitrogen and oxygen atoms in total. The van der Waals surface area contributed by atoms with Crippen molar-refractivity contribution in [2.75, 3.05) is 19.0 Å². The summed E-state index contributed by atoms with van der Waals surface area (Å²) in [6, 6.07) is 32.6. The highest BCUT2D eigenvalue weighted by molar-refractivity contribution is 7.89. The number of nitrogens with one attached hydrogen (secondary N) is 1. The summed E-state index contributed by atoms with van der Waals surface area (Å²) < 4.78 is 32.9. The minimum atomic E-state index is -3.66. The summed E-state index contributed by atoms with van der Waals surface area (Å²) in [5.74, 6) is 0.402. The van der Waals surface area contributed by atoms with Crippen LogP contribution < -0.4 is 10.1 Å². The Balaban J connectivity index is 1.31. The first-order valence-electron chi connectivity index (χ1n) is 11.6. The maximum absolute atomic E-state index is 12.9. The highest BCUT2D eigenvalue weighted by Crippen LogP contribution is 2.20. The zero-order valence-corrected chi connectivity index (χ0v) is 20.8. The molecule has 0 heterocycles. The van der Waals surface area contributed by atoms with E-state index in [1.54, 1.807) is 43.4 Å². The molecule has 0 aliphatic heterocycles. The highest BCUT2D eigenvalue weighted by atomic mass is 32.2. The average Bonchev–Trinajstić information content (AvgIpc) is 2.90. The molecule has 4 aromatic rings. The van der Waals surface area contributed by atoms with E-state index in [0.29, 0.717) is 23.6 Å². The molecule has 0 aliphatic carbocycles. The van der Waals surface area contributed by atoms with E-state index in [9.17, 15) is 13.2 Å². The summed E-state index contributed by atoms with van der Waals surface area (Å²) in [4.78, 5) is 12.8. The van der Waals surface area contributed by atoms with Crippen molar-refractivity contribution in [1.82, 2.24) is 4.31 Å². The fourth-order valence-corrected chi connectivity index (χ4v) is 4.81. The molecule has 0 aliphatic rings. The van der Waals surface area contributed by atoms with Gasteiger partial charge in [0.1, 0.15) is 5.75 Å². The van der Waals surface area contributed by atoms with E-state index in [1.165, 1.54) is 22.0 Å². The van der Waals surface area contributed by atoms with Gasteiger partial charge in [0, 0.05) is 31.3 Å². The molecule has 0 fully saturated rings. The maximum atomic E-state index is 12.9. The van der Waals surface area contributed by atoms with Crippen LogP contribution >= 0.6 is 0 Å². The van der Waals surface area contributed by atoms with Crippen molar-refractivity contribution in [2.24, 2.45) is 0 Å². The van der Waals surface area contributed by atoms with Crippen LogP contribution in [-0.4, -0.2) is 32.3 Å². The van der Waals surface area contributed by atoms with Gasteiger partial charge >= 0.3 is 0 Å². The van der Waals surface area contributed by atoms with Crippen LogP contribution in [0.5, 0.6) is 5.75 Å². The van der Waals surface area contributed by atoms with Gasteiger partial charge < -0.3 is 10.1 Å². The Morgan fingerprint density at radius 1 is 0.778 bits per heavy atom. The third-order valence-electron chi connectivity index (χ3n) is 5.69. The number of anilines is 1. The van der Waals surface area contributed by atoms with Crippen LogP contribution in [-0.2, 0) is 23.0 Å². The van der Waals surface area contributed by atoms with Crippen molar-refractivity contribution >= 4 is 21.6 Å². The highest BCUT2D eigenvalue weighted by Gasteiger charge is 2.21. The molecule has 1 amide bonds. The minimum absolute atomic E-state index is 0.163. The molecule has 0 radical (unpaired) electrons. The van der Waals surface area contributed by atoms with Crippen LogP contribution in [0.15, 0.2) is 114 Å². The number of carbonyl (C=O) groups is 1. The number of amides is 1. The van der Waals surface area contributed by atoms with Gasteiger partial charge in [-0.3, -0.25) is 4.79 Å². The van der Waals surface area contributed by atoms with Crippen LogP contribution in [0.1, 0.15) is 21.5 Å². The van der Waals surface area contributed by atoms with Gasteiger partial charge in [0.05, 0.1) is 11.5 Å². The first kappa shape index (κ1) is 25.2. The van der Waals surface area contributed by atoms with E-state index in [1.807, 2.05) is 48.5 Å². The summed E-state index contributed by atoms with van der Waals surface area (Å²) in [5.41, 5.74) is 3.09. The second-order valence-corrected chi connectivity index (χ2v) is 10.4. The molecule has 184 valence electrons. The number of carbonyl (C=O) groups excluding carboxylic acids is 1. The molecule has 0 bridgehead atoms. The van der Waals surface area contributed by atoms with Crippen molar-refractivity contribution in [1.29, 1.82) is 0 Å². The lowest BCUT2D eigenvalue weighted by atomic mass is 10.2. The number of sulfonamides is 1. The van der Waals surface area contributed by atoms with Crippen LogP contribution in [0.25, 0.3) is 0 Å². The lowest BCUT2D eigenvalue weighted by Crippen LogP contribution is -2.26. The molecule has 0 saturated heterocycles. The Morgan fingerprint density at radius 2 is 1.36 bits per heavy atom. The molecule has 0 aromatic heterocycles. The van der Waals surface area contributed by atoms with E-state index in [0.717, 1.165) is 12.0 Å².